The Kier molecular flexibility index (Phi) is 7.72. The highest BCUT2D eigenvalue weighted by Gasteiger charge is 2.06. The Hall–Kier alpha value is -2.28. The van der Waals surface area contributed by atoms with Gasteiger partial charge in [-0.2, -0.15) is 0 Å². The predicted octanol–water partition coefficient (Wildman–Crippen LogP) is 3.69. The van der Waals surface area contributed by atoms with E-state index in [2.05, 4.69) is 26.6 Å². The number of nitrogens with one attached hydrogen (secondary N) is 2. The molecule has 0 spiro atoms. The SMILES string of the molecule is COc1ccc(CCNC(=O)NCCc2cc(Br)ccc2F)cc1OC. The van der Waals surface area contributed by atoms with E-state index in [4.69, 9.17) is 9.47 Å². The Labute approximate surface area is 161 Å². The van der Waals surface area contributed by atoms with Crippen molar-refractivity contribution >= 4 is 22.0 Å². The third-order valence-electron chi connectivity index (χ3n) is 3.83. The molecule has 2 N–H and O–H groups in total. The van der Waals surface area contributed by atoms with Crippen LogP contribution in [-0.2, 0) is 12.8 Å². The van der Waals surface area contributed by atoms with Crippen LogP contribution < -0.4 is 20.1 Å². The Morgan fingerprint density at radius 3 is 2.38 bits per heavy atom. The molecule has 2 amide bonds. The molecule has 0 unspecified atom stereocenters. The maximum Gasteiger partial charge on any atom is 0.314 e. The summed E-state index contributed by atoms with van der Waals surface area (Å²) in [5.74, 6) is 1.05. The van der Waals surface area contributed by atoms with Crippen LogP contribution in [0.15, 0.2) is 40.9 Å². The van der Waals surface area contributed by atoms with Crippen LogP contribution in [-0.4, -0.2) is 33.3 Å². The Balaban J connectivity index is 1.73. The van der Waals surface area contributed by atoms with Gasteiger partial charge in [-0.25, -0.2) is 9.18 Å². The van der Waals surface area contributed by atoms with Crippen LogP contribution in [0.25, 0.3) is 0 Å². The number of urea groups is 1. The van der Waals surface area contributed by atoms with Crippen molar-refractivity contribution in [3.05, 3.63) is 57.8 Å². The third-order valence-corrected chi connectivity index (χ3v) is 4.33. The van der Waals surface area contributed by atoms with Gasteiger partial charge in [0.05, 0.1) is 14.2 Å². The zero-order chi connectivity index (χ0) is 18.9. The number of halogens is 2. The van der Waals surface area contributed by atoms with Gasteiger partial charge in [0.15, 0.2) is 11.5 Å². The minimum atomic E-state index is -0.277. The first-order chi connectivity index (χ1) is 12.5. The molecule has 140 valence electrons. The van der Waals surface area contributed by atoms with Crippen molar-refractivity contribution in [3.8, 4) is 11.5 Å². The Morgan fingerprint density at radius 2 is 1.69 bits per heavy atom. The lowest BCUT2D eigenvalue weighted by molar-refractivity contribution is 0.241. The van der Waals surface area contributed by atoms with E-state index in [9.17, 15) is 9.18 Å². The largest absolute Gasteiger partial charge is 0.493 e. The van der Waals surface area contributed by atoms with E-state index < -0.39 is 0 Å². The third kappa shape index (κ3) is 5.91. The fourth-order valence-electron chi connectivity index (χ4n) is 2.46. The van der Waals surface area contributed by atoms with Gasteiger partial charge in [-0.15, -0.1) is 0 Å². The highest BCUT2D eigenvalue weighted by Crippen LogP contribution is 2.27. The summed E-state index contributed by atoms with van der Waals surface area (Å²) >= 11 is 3.31. The van der Waals surface area contributed by atoms with Gasteiger partial charge < -0.3 is 20.1 Å². The number of hydrogen-bond acceptors (Lipinski definition) is 3. The van der Waals surface area contributed by atoms with E-state index in [1.165, 1.54) is 6.07 Å². The molecule has 5 nitrogen and oxygen atoms in total. The quantitative estimate of drug-likeness (QED) is 0.679. The Morgan fingerprint density at radius 1 is 1.00 bits per heavy atom. The number of amides is 2. The molecule has 0 aromatic heterocycles. The number of carbonyl (C=O) groups is 1. The van der Waals surface area contributed by atoms with E-state index in [1.54, 1.807) is 26.4 Å². The summed E-state index contributed by atoms with van der Waals surface area (Å²) in [6, 6.07) is 10.1. The number of carbonyl (C=O) groups excluding carboxylic acids is 1. The minimum Gasteiger partial charge on any atom is -0.493 e. The van der Waals surface area contributed by atoms with Gasteiger partial charge >= 0.3 is 6.03 Å². The molecule has 0 saturated carbocycles. The summed E-state index contributed by atoms with van der Waals surface area (Å²) in [5, 5.41) is 5.51. The van der Waals surface area contributed by atoms with Crippen LogP contribution in [0.1, 0.15) is 11.1 Å². The summed E-state index contributed by atoms with van der Waals surface area (Å²) < 4.78 is 24.9. The molecule has 0 saturated heterocycles. The molecule has 0 aliphatic rings. The van der Waals surface area contributed by atoms with Gasteiger partial charge in [-0.05, 0) is 54.3 Å². The lowest BCUT2D eigenvalue weighted by Gasteiger charge is -2.11. The molecule has 0 atom stereocenters. The molecule has 0 bridgehead atoms. The summed E-state index contributed by atoms with van der Waals surface area (Å²) in [6.07, 6.45) is 1.09. The molecule has 0 aliphatic carbocycles. The monoisotopic (exact) mass is 424 g/mol. The molecular weight excluding hydrogens is 403 g/mol. The molecule has 2 aromatic rings. The van der Waals surface area contributed by atoms with E-state index in [-0.39, 0.29) is 11.8 Å². The fraction of sp³-hybridized carbons (Fsp3) is 0.316. The van der Waals surface area contributed by atoms with Gasteiger partial charge in [0.25, 0.3) is 0 Å². The van der Waals surface area contributed by atoms with Crippen molar-refractivity contribution in [1.82, 2.24) is 10.6 Å². The molecule has 0 radical (unpaired) electrons. The molecule has 0 fully saturated rings. The summed E-state index contributed by atoms with van der Waals surface area (Å²) in [4.78, 5) is 11.8. The average molecular weight is 425 g/mol. The molecule has 26 heavy (non-hydrogen) atoms. The second-order valence-electron chi connectivity index (χ2n) is 5.61. The number of ether oxygens (including phenoxy) is 2. The van der Waals surface area contributed by atoms with E-state index >= 15 is 0 Å². The van der Waals surface area contributed by atoms with Crippen molar-refractivity contribution < 1.29 is 18.7 Å². The van der Waals surface area contributed by atoms with Crippen molar-refractivity contribution in [2.45, 2.75) is 12.8 Å². The second-order valence-corrected chi connectivity index (χ2v) is 6.52. The minimum absolute atomic E-state index is 0.274. The first kappa shape index (κ1) is 20.0. The van der Waals surface area contributed by atoms with Crippen LogP contribution >= 0.6 is 15.9 Å². The van der Waals surface area contributed by atoms with E-state index in [0.717, 1.165) is 10.0 Å². The molecule has 0 heterocycles. The first-order valence-corrected chi connectivity index (χ1v) is 8.99. The lowest BCUT2D eigenvalue weighted by Crippen LogP contribution is -2.37. The highest BCUT2D eigenvalue weighted by atomic mass is 79.9. The van der Waals surface area contributed by atoms with E-state index in [1.807, 2.05) is 18.2 Å². The molecule has 2 rings (SSSR count). The van der Waals surface area contributed by atoms with Gasteiger partial charge in [-0.3, -0.25) is 0 Å². The normalized spacial score (nSPS) is 10.3. The smallest absolute Gasteiger partial charge is 0.314 e. The maximum atomic E-state index is 13.6. The summed E-state index contributed by atoms with van der Waals surface area (Å²) in [7, 11) is 3.17. The van der Waals surface area contributed by atoms with Gasteiger partial charge in [0.2, 0.25) is 0 Å². The van der Waals surface area contributed by atoms with Crippen LogP contribution in [0.4, 0.5) is 9.18 Å². The van der Waals surface area contributed by atoms with Crippen molar-refractivity contribution in [3.63, 3.8) is 0 Å². The first-order valence-electron chi connectivity index (χ1n) is 8.20. The summed E-state index contributed by atoms with van der Waals surface area (Å²) in [6.45, 7) is 0.835. The van der Waals surface area contributed by atoms with Crippen molar-refractivity contribution in [1.29, 1.82) is 0 Å². The zero-order valence-corrected chi connectivity index (χ0v) is 16.4. The maximum absolute atomic E-state index is 13.6. The van der Waals surface area contributed by atoms with Crippen LogP contribution in [0.2, 0.25) is 0 Å². The van der Waals surface area contributed by atoms with Gasteiger partial charge in [0, 0.05) is 17.6 Å². The predicted molar refractivity (Wildman–Crippen MR) is 102 cm³/mol. The van der Waals surface area contributed by atoms with Crippen LogP contribution in [0, 0.1) is 5.82 Å². The van der Waals surface area contributed by atoms with E-state index in [0.29, 0.717) is 43.0 Å². The zero-order valence-electron chi connectivity index (χ0n) is 14.8. The molecule has 7 heteroatoms. The number of benzene rings is 2. The highest BCUT2D eigenvalue weighted by molar-refractivity contribution is 9.10. The molecule has 0 aliphatic heterocycles. The number of rotatable bonds is 8. The standard InChI is InChI=1S/C19H22BrFN2O3/c1-25-17-6-3-13(11-18(17)26-2)7-9-22-19(24)23-10-8-14-12-15(20)4-5-16(14)21/h3-6,11-12H,7-10H2,1-2H3,(H2,22,23,24). The number of methoxy groups -OCH3 is 2. The van der Waals surface area contributed by atoms with Crippen molar-refractivity contribution in [2.75, 3.05) is 27.3 Å². The topological polar surface area (TPSA) is 59.6 Å². The number of hydrogen-bond donors (Lipinski definition) is 2. The molecular formula is C19H22BrFN2O3. The van der Waals surface area contributed by atoms with Crippen LogP contribution in [0.3, 0.4) is 0 Å². The lowest BCUT2D eigenvalue weighted by atomic mass is 10.1. The van der Waals surface area contributed by atoms with Crippen LogP contribution in [0.5, 0.6) is 11.5 Å². The Bertz CT molecular complexity index is 756. The second kappa shape index (κ2) is 10.0. The fourth-order valence-corrected chi connectivity index (χ4v) is 2.87. The summed E-state index contributed by atoms with van der Waals surface area (Å²) in [5.41, 5.74) is 1.59. The van der Waals surface area contributed by atoms with Gasteiger partial charge in [-0.1, -0.05) is 22.0 Å². The van der Waals surface area contributed by atoms with Gasteiger partial charge in [0.1, 0.15) is 5.82 Å². The molecule has 2 aromatic carbocycles. The average Bonchev–Trinajstić information content (AvgIpc) is 2.64. The van der Waals surface area contributed by atoms with Crippen molar-refractivity contribution in [2.24, 2.45) is 0 Å².